The fourth-order valence-corrected chi connectivity index (χ4v) is 2.73. The van der Waals surface area contributed by atoms with Crippen LogP contribution in [0.2, 0.25) is 0 Å². The van der Waals surface area contributed by atoms with E-state index < -0.39 is 0 Å². The minimum Gasteiger partial charge on any atom is -0.460 e. The number of aliphatic imine (C=N–C) groups is 1. The van der Waals surface area contributed by atoms with E-state index in [0.29, 0.717) is 6.04 Å². The molecule has 1 heterocycles. The Hall–Kier alpha value is -0.530. The van der Waals surface area contributed by atoms with Crippen LogP contribution in [0.1, 0.15) is 46.5 Å². The Morgan fingerprint density at radius 2 is 1.90 bits per heavy atom. The third-order valence-electron chi connectivity index (χ3n) is 3.86. The summed E-state index contributed by atoms with van der Waals surface area (Å²) in [4.78, 5) is 18.6. The maximum absolute atomic E-state index is 12.0. The van der Waals surface area contributed by atoms with Crippen LogP contribution in [0.15, 0.2) is 4.99 Å². The number of hydrogen-bond donors (Lipinski definition) is 1. The Bertz CT molecular complexity index is 385. The molecule has 0 unspecified atom stereocenters. The molecule has 122 valence electrons. The number of ether oxygens (including phenoxy) is 1. The molecule has 0 aromatic heterocycles. The van der Waals surface area contributed by atoms with Gasteiger partial charge in [0.15, 0.2) is 5.96 Å². The minimum absolute atomic E-state index is 0. The molecular weight excluding hydrogens is 381 g/mol. The third kappa shape index (κ3) is 5.64. The van der Waals surface area contributed by atoms with Gasteiger partial charge in [-0.05, 0) is 46.5 Å². The van der Waals surface area contributed by atoms with Crippen molar-refractivity contribution in [3.8, 4) is 0 Å². The zero-order valence-electron chi connectivity index (χ0n) is 13.5. The number of rotatable bonds is 2. The van der Waals surface area contributed by atoms with Gasteiger partial charge in [0, 0.05) is 19.6 Å². The van der Waals surface area contributed by atoms with Crippen LogP contribution < -0.4 is 5.32 Å². The molecule has 5 nitrogen and oxygen atoms in total. The van der Waals surface area contributed by atoms with Gasteiger partial charge < -0.3 is 15.0 Å². The van der Waals surface area contributed by atoms with Gasteiger partial charge in [0.1, 0.15) is 5.60 Å². The molecular formula is C15H28IN3O2. The topological polar surface area (TPSA) is 53.9 Å². The lowest BCUT2D eigenvalue weighted by Crippen LogP contribution is -2.44. The zero-order valence-corrected chi connectivity index (χ0v) is 15.8. The van der Waals surface area contributed by atoms with Gasteiger partial charge in [0.25, 0.3) is 0 Å². The average Bonchev–Trinajstić information content (AvgIpc) is 2.74. The van der Waals surface area contributed by atoms with Gasteiger partial charge in [-0.3, -0.25) is 9.79 Å². The number of hydrogen-bond acceptors (Lipinski definition) is 5. The van der Waals surface area contributed by atoms with E-state index in [1.807, 2.05) is 20.8 Å². The number of nitrogens with zero attached hydrogens (tertiary/aromatic N) is 2. The fraction of sp³-hybridized carbons (Fsp3) is 0.867. The first-order chi connectivity index (χ1) is 9.35. The second-order valence-electron chi connectivity index (χ2n) is 6.85. The Balaban J connectivity index is 0.00000220. The summed E-state index contributed by atoms with van der Waals surface area (Å²) in [5, 5.41) is 3.50. The predicted octanol–water partition coefficient (Wildman–Crippen LogP) is 2.40. The monoisotopic (exact) mass is 409 g/mol. The van der Waals surface area contributed by atoms with Gasteiger partial charge >= 0.3 is 5.97 Å². The quantitative estimate of drug-likeness (QED) is 0.562. The van der Waals surface area contributed by atoms with E-state index in [9.17, 15) is 4.79 Å². The molecule has 2 rings (SSSR count). The third-order valence-corrected chi connectivity index (χ3v) is 3.86. The van der Waals surface area contributed by atoms with Crippen LogP contribution >= 0.6 is 24.0 Å². The van der Waals surface area contributed by atoms with Crippen LogP contribution in [-0.2, 0) is 9.53 Å². The Morgan fingerprint density at radius 3 is 2.38 bits per heavy atom. The molecule has 1 aliphatic carbocycles. The standard InChI is InChI=1S/C15H27N3O2.HI/c1-15(2,3)20-13(19)11-5-7-12(8-6-11)17-14-16-9-10-18(14)4;/h11-12H,5-10H2,1-4H3,(H,16,17);1H. The Kier molecular flexibility index (Phi) is 6.74. The highest BCUT2D eigenvalue weighted by Gasteiger charge is 2.30. The van der Waals surface area contributed by atoms with Crippen molar-refractivity contribution in [1.29, 1.82) is 0 Å². The van der Waals surface area contributed by atoms with E-state index in [-0.39, 0.29) is 41.5 Å². The zero-order chi connectivity index (χ0) is 14.8. The molecule has 1 fully saturated rings. The summed E-state index contributed by atoms with van der Waals surface area (Å²) in [6, 6.07) is 0.438. The summed E-state index contributed by atoms with van der Waals surface area (Å²) >= 11 is 0. The number of carbonyl (C=O) groups is 1. The number of likely N-dealkylation sites (N-methyl/N-ethyl adjacent to an activating group) is 1. The van der Waals surface area contributed by atoms with Crippen LogP contribution in [0.25, 0.3) is 0 Å². The minimum atomic E-state index is -0.381. The molecule has 2 aliphatic rings. The molecule has 1 N–H and O–H groups in total. The number of guanidine groups is 1. The summed E-state index contributed by atoms with van der Waals surface area (Å²) in [5.74, 6) is 1.03. The normalized spacial score (nSPS) is 25.9. The Labute approximate surface area is 144 Å². The average molecular weight is 409 g/mol. The summed E-state index contributed by atoms with van der Waals surface area (Å²) in [7, 11) is 2.06. The highest BCUT2D eigenvalue weighted by molar-refractivity contribution is 14.0. The molecule has 0 bridgehead atoms. The number of carbonyl (C=O) groups excluding carboxylic acids is 1. The molecule has 6 heteroatoms. The molecule has 0 atom stereocenters. The van der Waals surface area contributed by atoms with Crippen molar-refractivity contribution >= 4 is 35.9 Å². The first kappa shape index (κ1) is 18.5. The van der Waals surface area contributed by atoms with E-state index in [2.05, 4.69) is 22.3 Å². The molecule has 0 amide bonds. The molecule has 1 saturated carbocycles. The molecule has 0 aromatic carbocycles. The predicted molar refractivity (Wildman–Crippen MR) is 95.1 cm³/mol. The molecule has 21 heavy (non-hydrogen) atoms. The second kappa shape index (κ2) is 7.65. The van der Waals surface area contributed by atoms with E-state index >= 15 is 0 Å². The Morgan fingerprint density at radius 1 is 1.29 bits per heavy atom. The summed E-state index contributed by atoms with van der Waals surface area (Å²) in [6.45, 7) is 7.64. The van der Waals surface area contributed by atoms with Crippen molar-refractivity contribution in [2.45, 2.75) is 58.1 Å². The van der Waals surface area contributed by atoms with Gasteiger partial charge in [-0.15, -0.1) is 24.0 Å². The summed E-state index contributed by atoms with van der Waals surface area (Å²) < 4.78 is 5.47. The highest BCUT2D eigenvalue weighted by Crippen LogP contribution is 2.27. The first-order valence-corrected chi connectivity index (χ1v) is 7.60. The lowest BCUT2D eigenvalue weighted by atomic mass is 9.86. The maximum Gasteiger partial charge on any atom is 0.309 e. The van der Waals surface area contributed by atoms with E-state index in [0.717, 1.165) is 44.7 Å². The van der Waals surface area contributed by atoms with E-state index in [4.69, 9.17) is 4.74 Å². The molecule has 0 aromatic rings. The van der Waals surface area contributed by atoms with Crippen LogP contribution in [0, 0.1) is 5.92 Å². The second-order valence-corrected chi connectivity index (χ2v) is 6.85. The van der Waals surface area contributed by atoms with Gasteiger partial charge in [-0.2, -0.15) is 0 Å². The largest absolute Gasteiger partial charge is 0.460 e. The molecule has 0 saturated heterocycles. The van der Waals surface area contributed by atoms with Gasteiger partial charge in [-0.1, -0.05) is 0 Å². The summed E-state index contributed by atoms with van der Waals surface area (Å²) in [6.07, 6.45) is 3.83. The van der Waals surface area contributed by atoms with Crippen LogP contribution in [0.5, 0.6) is 0 Å². The van der Waals surface area contributed by atoms with Crippen LogP contribution in [0.3, 0.4) is 0 Å². The van der Waals surface area contributed by atoms with Crippen molar-refractivity contribution in [2.75, 3.05) is 20.1 Å². The smallest absolute Gasteiger partial charge is 0.309 e. The molecule has 0 radical (unpaired) electrons. The summed E-state index contributed by atoms with van der Waals surface area (Å²) in [5.41, 5.74) is -0.381. The molecule has 1 aliphatic heterocycles. The van der Waals surface area contributed by atoms with Crippen molar-refractivity contribution < 1.29 is 9.53 Å². The van der Waals surface area contributed by atoms with Crippen molar-refractivity contribution in [2.24, 2.45) is 10.9 Å². The lowest BCUT2D eigenvalue weighted by Gasteiger charge is -2.31. The van der Waals surface area contributed by atoms with E-state index in [1.54, 1.807) is 0 Å². The van der Waals surface area contributed by atoms with Crippen molar-refractivity contribution in [3.63, 3.8) is 0 Å². The lowest BCUT2D eigenvalue weighted by molar-refractivity contribution is -0.161. The van der Waals surface area contributed by atoms with Gasteiger partial charge in [0.2, 0.25) is 0 Å². The van der Waals surface area contributed by atoms with Crippen molar-refractivity contribution in [1.82, 2.24) is 10.2 Å². The number of esters is 1. The number of halogens is 1. The first-order valence-electron chi connectivity index (χ1n) is 7.60. The maximum atomic E-state index is 12.0. The van der Waals surface area contributed by atoms with Gasteiger partial charge in [-0.25, -0.2) is 0 Å². The van der Waals surface area contributed by atoms with Gasteiger partial charge in [0.05, 0.1) is 12.5 Å². The highest BCUT2D eigenvalue weighted by atomic mass is 127. The van der Waals surface area contributed by atoms with Crippen LogP contribution in [-0.4, -0.2) is 48.6 Å². The van der Waals surface area contributed by atoms with Crippen LogP contribution in [0.4, 0.5) is 0 Å². The van der Waals surface area contributed by atoms with Crippen molar-refractivity contribution in [3.05, 3.63) is 0 Å². The molecule has 0 spiro atoms. The SMILES string of the molecule is CN1CCN=C1NC1CCC(C(=O)OC(C)(C)C)CC1.I. The fourth-order valence-electron chi connectivity index (χ4n) is 2.73. The van der Waals surface area contributed by atoms with E-state index in [1.165, 1.54) is 0 Å². The number of nitrogens with one attached hydrogen (secondary N) is 1.